The van der Waals surface area contributed by atoms with Crippen LogP contribution in [0.1, 0.15) is 33.4 Å². The number of furan rings is 1. The van der Waals surface area contributed by atoms with E-state index in [0.29, 0.717) is 29.3 Å². The molecule has 3 heterocycles. The molecule has 0 saturated carbocycles. The number of amides is 1. The van der Waals surface area contributed by atoms with E-state index < -0.39 is 0 Å². The van der Waals surface area contributed by atoms with Gasteiger partial charge in [0.05, 0.1) is 18.8 Å². The third-order valence-electron chi connectivity index (χ3n) is 5.04. The number of hydrogen-bond acceptors (Lipinski definition) is 4. The molecule has 6 nitrogen and oxygen atoms in total. The van der Waals surface area contributed by atoms with Gasteiger partial charge in [0.1, 0.15) is 22.9 Å². The Morgan fingerprint density at radius 2 is 1.82 bits per heavy atom. The molecule has 0 unspecified atom stereocenters. The number of H-pyrrole nitrogens is 1. The van der Waals surface area contributed by atoms with Crippen molar-refractivity contribution in [2.24, 2.45) is 0 Å². The summed E-state index contributed by atoms with van der Waals surface area (Å²) in [6.45, 7) is 0.341. The van der Waals surface area contributed by atoms with Crippen molar-refractivity contribution in [3.63, 3.8) is 0 Å². The van der Waals surface area contributed by atoms with Gasteiger partial charge in [-0.05, 0) is 29.8 Å². The van der Waals surface area contributed by atoms with E-state index in [1.165, 1.54) is 0 Å². The molecule has 1 atom stereocenters. The van der Waals surface area contributed by atoms with Crippen molar-refractivity contribution in [1.29, 1.82) is 0 Å². The molecular formula is C22H17N3O3. The molecule has 0 radical (unpaired) electrons. The van der Waals surface area contributed by atoms with Crippen LogP contribution in [-0.4, -0.2) is 26.1 Å². The van der Waals surface area contributed by atoms with E-state index in [0.717, 1.165) is 11.1 Å². The summed E-state index contributed by atoms with van der Waals surface area (Å²) >= 11 is 0. The highest BCUT2D eigenvalue weighted by Gasteiger charge is 2.42. The topological polar surface area (TPSA) is 82.4 Å². The standard InChI is InChI=1S/C22H17N3O3/c26-17-11-5-4-10-16(17)19-18-20(24-23-19)22(27)25(13-15-9-6-12-28-15)21(18)14-7-2-1-3-8-14/h1-12,21,26H,13H2,(H,23,24)/t21-/m1/s1. The second-order valence-corrected chi connectivity index (χ2v) is 6.70. The van der Waals surface area contributed by atoms with Crippen LogP contribution in [0.2, 0.25) is 0 Å². The van der Waals surface area contributed by atoms with Crippen LogP contribution >= 0.6 is 0 Å². The van der Waals surface area contributed by atoms with Crippen LogP contribution in [0.15, 0.2) is 77.4 Å². The Morgan fingerprint density at radius 3 is 2.57 bits per heavy atom. The number of fused-ring (bicyclic) bond motifs is 1. The number of benzene rings is 2. The molecule has 2 N–H and O–H groups in total. The number of phenols is 1. The number of aromatic nitrogens is 2. The zero-order valence-electron chi connectivity index (χ0n) is 14.9. The van der Waals surface area contributed by atoms with Crippen molar-refractivity contribution in [2.45, 2.75) is 12.6 Å². The molecule has 2 aromatic carbocycles. The number of phenolic OH excluding ortho intramolecular Hbond substituents is 1. The zero-order chi connectivity index (χ0) is 19.1. The van der Waals surface area contributed by atoms with E-state index in [1.807, 2.05) is 48.5 Å². The summed E-state index contributed by atoms with van der Waals surface area (Å²) in [7, 11) is 0. The average molecular weight is 371 g/mol. The summed E-state index contributed by atoms with van der Waals surface area (Å²) in [5.74, 6) is 0.687. The summed E-state index contributed by atoms with van der Waals surface area (Å²) in [4.78, 5) is 15.0. The summed E-state index contributed by atoms with van der Waals surface area (Å²) in [5.41, 5.74) is 3.35. The summed E-state index contributed by atoms with van der Waals surface area (Å²) in [6.07, 6.45) is 1.60. The maximum atomic E-state index is 13.2. The molecular weight excluding hydrogens is 354 g/mol. The molecule has 1 aliphatic heterocycles. The molecule has 0 saturated heterocycles. The zero-order valence-corrected chi connectivity index (χ0v) is 14.9. The molecule has 6 heteroatoms. The lowest BCUT2D eigenvalue weighted by Crippen LogP contribution is -2.28. The van der Waals surface area contributed by atoms with Crippen LogP contribution in [0.3, 0.4) is 0 Å². The molecule has 2 aromatic heterocycles. The van der Waals surface area contributed by atoms with E-state index in [-0.39, 0.29) is 17.7 Å². The molecule has 28 heavy (non-hydrogen) atoms. The smallest absolute Gasteiger partial charge is 0.273 e. The van der Waals surface area contributed by atoms with Crippen LogP contribution in [0, 0.1) is 0 Å². The van der Waals surface area contributed by atoms with Gasteiger partial charge in [-0.15, -0.1) is 0 Å². The maximum Gasteiger partial charge on any atom is 0.273 e. The Morgan fingerprint density at radius 1 is 1.04 bits per heavy atom. The van der Waals surface area contributed by atoms with E-state index in [9.17, 15) is 9.90 Å². The second-order valence-electron chi connectivity index (χ2n) is 6.70. The molecule has 4 aromatic rings. The first kappa shape index (κ1) is 16.4. The lowest BCUT2D eigenvalue weighted by molar-refractivity contribution is 0.0717. The van der Waals surface area contributed by atoms with Crippen molar-refractivity contribution < 1.29 is 14.3 Å². The van der Waals surface area contributed by atoms with Gasteiger partial charge in [0, 0.05) is 11.1 Å². The Hall–Kier alpha value is -3.80. The van der Waals surface area contributed by atoms with Gasteiger partial charge in [-0.3, -0.25) is 9.89 Å². The highest BCUT2D eigenvalue weighted by molar-refractivity contribution is 6.00. The first-order valence-corrected chi connectivity index (χ1v) is 8.99. The predicted octanol–water partition coefficient (Wildman–Crippen LogP) is 4.12. The van der Waals surface area contributed by atoms with Gasteiger partial charge < -0.3 is 14.4 Å². The average Bonchev–Trinajstić information content (AvgIpc) is 3.43. The van der Waals surface area contributed by atoms with Crippen LogP contribution in [-0.2, 0) is 6.54 Å². The van der Waals surface area contributed by atoms with E-state index in [2.05, 4.69) is 10.2 Å². The van der Waals surface area contributed by atoms with E-state index >= 15 is 0 Å². The van der Waals surface area contributed by atoms with E-state index in [4.69, 9.17) is 4.42 Å². The Bertz CT molecular complexity index is 1130. The Balaban J connectivity index is 1.68. The highest BCUT2D eigenvalue weighted by atomic mass is 16.3. The summed E-state index contributed by atoms with van der Waals surface area (Å²) in [6, 6.07) is 20.2. The molecule has 5 rings (SSSR count). The quantitative estimate of drug-likeness (QED) is 0.565. The molecule has 0 bridgehead atoms. The third kappa shape index (κ3) is 2.50. The highest BCUT2D eigenvalue weighted by Crippen LogP contribution is 2.44. The molecule has 0 aliphatic carbocycles. The fraction of sp³-hybridized carbons (Fsp3) is 0.0909. The predicted molar refractivity (Wildman–Crippen MR) is 103 cm³/mol. The van der Waals surface area contributed by atoms with Crippen molar-refractivity contribution >= 4 is 5.91 Å². The summed E-state index contributed by atoms with van der Waals surface area (Å²) in [5, 5.41) is 17.6. The monoisotopic (exact) mass is 371 g/mol. The van der Waals surface area contributed by atoms with Crippen molar-refractivity contribution in [1.82, 2.24) is 15.1 Å². The maximum absolute atomic E-state index is 13.2. The van der Waals surface area contributed by atoms with Gasteiger partial charge in [0.15, 0.2) is 0 Å². The van der Waals surface area contributed by atoms with Crippen LogP contribution in [0.5, 0.6) is 5.75 Å². The van der Waals surface area contributed by atoms with Gasteiger partial charge in [-0.2, -0.15) is 5.10 Å². The normalized spacial score (nSPS) is 15.8. The SMILES string of the molecule is O=C1c2[nH]nc(-c3ccccc3O)c2[C@@H](c2ccccc2)N1Cc1ccco1. The number of nitrogens with zero attached hydrogens (tertiary/aromatic N) is 2. The molecule has 0 spiro atoms. The van der Waals surface area contributed by atoms with E-state index in [1.54, 1.807) is 29.4 Å². The van der Waals surface area contributed by atoms with Crippen LogP contribution in [0.25, 0.3) is 11.3 Å². The van der Waals surface area contributed by atoms with Gasteiger partial charge in [-0.25, -0.2) is 0 Å². The number of carbonyl (C=O) groups is 1. The molecule has 0 fully saturated rings. The number of aromatic amines is 1. The second kappa shape index (κ2) is 6.42. The van der Waals surface area contributed by atoms with Gasteiger partial charge >= 0.3 is 0 Å². The minimum Gasteiger partial charge on any atom is -0.507 e. The lowest BCUT2D eigenvalue weighted by atomic mass is 9.96. The Kier molecular flexibility index (Phi) is 3.76. The Labute approximate surface area is 161 Å². The van der Waals surface area contributed by atoms with Crippen LogP contribution < -0.4 is 0 Å². The van der Waals surface area contributed by atoms with Crippen molar-refractivity contribution in [3.8, 4) is 17.0 Å². The number of hydrogen-bond donors (Lipinski definition) is 2. The minimum atomic E-state index is -0.331. The number of para-hydroxylation sites is 1. The molecule has 138 valence electrons. The number of nitrogens with one attached hydrogen (secondary N) is 1. The number of rotatable bonds is 4. The first-order chi connectivity index (χ1) is 13.7. The fourth-order valence-corrected chi connectivity index (χ4v) is 3.79. The third-order valence-corrected chi connectivity index (χ3v) is 5.04. The van der Waals surface area contributed by atoms with Gasteiger partial charge in [0.2, 0.25) is 0 Å². The number of carbonyl (C=O) groups excluding carboxylic acids is 1. The summed E-state index contributed by atoms with van der Waals surface area (Å²) < 4.78 is 5.48. The lowest BCUT2D eigenvalue weighted by Gasteiger charge is -2.25. The minimum absolute atomic E-state index is 0.126. The fourth-order valence-electron chi connectivity index (χ4n) is 3.79. The van der Waals surface area contributed by atoms with Gasteiger partial charge in [-0.1, -0.05) is 42.5 Å². The molecule has 1 aliphatic rings. The van der Waals surface area contributed by atoms with Crippen molar-refractivity contribution in [2.75, 3.05) is 0 Å². The first-order valence-electron chi connectivity index (χ1n) is 8.99. The van der Waals surface area contributed by atoms with Gasteiger partial charge in [0.25, 0.3) is 5.91 Å². The number of aromatic hydroxyl groups is 1. The van der Waals surface area contributed by atoms with Crippen LogP contribution in [0.4, 0.5) is 0 Å². The largest absolute Gasteiger partial charge is 0.507 e. The molecule has 1 amide bonds. The van der Waals surface area contributed by atoms with Crippen molar-refractivity contribution in [3.05, 3.63) is 95.6 Å².